The first-order valence-corrected chi connectivity index (χ1v) is 6.59. The average Bonchev–Trinajstić information content (AvgIpc) is 2.84. The third-order valence-electron chi connectivity index (χ3n) is 4.07. The second-order valence-electron chi connectivity index (χ2n) is 5.08. The molecule has 2 atom stereocenters. The molecule has 2 aliphatic carbocycles. The molecule has 92 valence electrons. The Balaban J connectivity index is 1.75. The van der Waals surface area contributed by atoms with Crippen LogP contribution in [0.2, 0.25) is 5.02 Å². The van der Waals surface area contributed by atoms with Gasteiger partial charge in [-0.15, -0.1) is 0 Å². The minimum Gasteiger partial charge on any atom is -0.325 e. The van der Waals surface area contributed by atoms with E-state index >= 15 is 0 Å². The summed E-state index contributed by atoms with van der Waals surface area (Å²) in [6.45, 7) is 0. The fraction of sp³-hybridized carbons (Fsp3) is 0.429. The molecular formula is C14H13ClN2O. The van der Waals surface area contributed by atoms with Crippen molar-refractivity contribution < 1.29 is 4.79 Å². The molecule has 0 aromatic heterocycles. The molecule has 1 aromatic rings. The Morgan fingerprint density at radius 2 is 2.11 bits per heavy atom. The van der Waals surface area contributed by atoms with Gasteiger partial charge in [0.2, 0.25) is 5.91 Å². The zero-order chi connectivity index (χ0) is 12.7. The Hall–Kier alpha value is -1.53. The maximum Gasteiger partial charge on any atom is 0.228 e. The topological polar surface area (TPSA) is 52.9 Å². The molecule has 0 radical (unpaired) electrons. The molecule has 2 unspecified atom stereocenters. The lowest BCUT2D eigenvalue weighted by Crippen LogP contribution is -2.17. The Labute approximate surface area is 111 Å². The van der Waals surface area contributed by atoms with E-state index in [4.69, 9.17) is 16.9 Å². The quantitative estimate of drug-likeness (QED) is 0.888. The predicted octanol–water partition coefficient (Wildman–Crippen LogP) is 3.20. The van der Waals surface area contributed by atoms with E-state index in [1.165, 1.54) is 19.3 Å². The molecule has 1 aromatic carbocycles. The lowest BCUT2D eigenvalue weighted by Gasteiger charge is -2.08. The number of carbonyl (C=O) groups excluding carboxylic acids is 1. The van der Waals surface area contributed by atoms with Gasteiger partial charge in [-0.2, -0.15) is 5.26 Å². The number of amides is 1. The monoisotopic (exact) mass is 260 g/mol. The minimum atomic E-state index is 0.0449. The highest BCUT2D eigenvalue weighted by molar-refractivity contribution is 6.31. The van der Waals surface area contributed by atoms with Gasteiger partial charge in [0, 0.05) is 10.9 Å². The first-order valence-electron chi connectivity index (χ1n) is 6.21. The third-order valence-corrected chi connectivity index (χ3v) is 4.30. The fourth-order valence-electron chi connectivity index (χ4n) is 3.14. The Morgan fingerprint density at radius 1 is 1.39 bits per heavy atom. The van der Waals surface area contributed by atoms with E-state index < -0.39 is 0 Å². The molecule has 3 rings (SSSR count). The van der Waals surface area contributed by atoms with Crippen LogP contribution in [-0.2, 0) is 4.79 Å². The van der Waals surface area contributed by atoms with Crippen molar-refractivity contribution in [1.29, 1.82) is 5.26 Å². The number of nitrogens with one attached hydrogen (secondary N) is 1. The summed E-state index contributed by atoms with van der Waals surface area (Å²) in [6, 6.07) is 6.98. The van der Waals surface area contributed by atoms with Gasteiger partial charge in [-0.1, -0.05) is 18.0 Å². The highest BCUT2D eigenvalue weighted by Crippen LogP contribution is 2.57. The first kappa shape index (κ1) is 11.6. The molecule has 3 nitrogen and oxygen atoms in total. The van der Waals surface area contributed by atoms with Crippen molar-refractivity contribution in [1.82, 2.24) is 0 Å². The number of carbonyl (C=O) groups is 1. The molecule has 0 aliphatic heterocycles. The molecule has 18 heavy (non-hydrogen) atoms. The number of fused-ring (bicyclic) bond motifs is 1. The Kier molecular flexibility index (Phi) is 2.76. The zero-order valence-electron chi connectivity index (χ0n) is 9.82. The van der Waals surface area contributed by atoms with E-state index in [0.29, 0.717) is 28.1 Å². The van der Waals surface area contributed by atoms with Crippen LogP contribution in [0.3, 0.4) is 0 Å². The van der Waals surface area contributed by atoms with Gasteiger partial charge in [0.1, 0.15) is 6.07 Å². The van der Waals surface area contributed by atoms with Crippen molar-refractivity contribution in [3.8, 4) is 6.07 Å². The van der Waals surface area contributed by atoms with Gasteiger partial charge < -0.3 is 5.32 Å². The number of hydrogen-bond acceptors (Lipinski definition) is 2. The van der Waals surface area contributed by atoms with Crippen LogP contribution in [0.15, 0.2) is 18.2 Å². The molecule has 0 spiro atoms. The van der Waals surface area contributed by atoms with E-state index in [1.54, 1.807) is 18.2 Å². The normalized spacial score (nSPS) is 28.3. The van der Waals surface area contributed by atoms with Gasteiger partial charge in [-0.25, -0.2) is 0 Å². The molecule has 1 N–H and O–H groups in total. The van der Waals surface area contributed by atoms with Crippen molar-refractivity contribution >= 4 is 23.2 Å². The number of anilines is 1. The van der Waals surface area contributed by atoms with Gasteiger partial charge in [0.15, 0.2) is 0 Å². The number of nitriles is 1. The second-order valence-corrected chi connectivity index (χ2v) is 5.51. The lowest BCUT2D eigenvalue weighted by atomic mass is 10.1. The van der Waals surface area contributed by atoms with E-state index in [1.807, 2.05) is 0 Å². The average molecular weight is 261 g/mol. The molecule has 2 fully saturated rings. The highest BCUT2D eigenvalue weighted by Gasteiger charge is 2.56. The van der Waals surface area contributed by atoms with Crippen molar-refractivity contribution in [2.75, 3.05) is 5.32 Å². The maximum absolute atomic E-state index is 12.1. The minimum absolute atomic E-state index is 0.0449. The van der Waals surface area contributed by atoms with Gasteiger partial charge in [0.05, 0.1) is 11.3 Å². The summed E-state index contributed by atoms with van der Waals surface area (Å²) in [5.41, 5.74) is 0.985. The van der Waals surface area contributed by atoms with Crippen LogP contribution in [0, 0.1) is 29.1 Å². The largest absolute Gasteiger partial charge is 0.325 e. The number of rotatable bonds is 2. The standard InChI is InChI=1S/C14H13ClN2O/c15-9-5-4-8(7-16)12(6-9)17-14(18)13-10-2-1-3-11(10)13/h4-6,10-11,13H,1-3H2,(H,17,18). The highest BCUT2D eigenvalue weighted by atomic mass is 35.5. The van der Waals surface area contributed by atoms with Crippen molar-refractivity contribution in [2.45, 2.75) is 19.3 Å². The summed E-state index contributed by atoms with van der Waals surface area (Å²) in [7, 11) is 0. The van der Waals surface area contributed by atoms with E-state index in [-0.39, 0.29) is 11.8 Å². The SMILES string of the molecule is N#Cc1ccc(Cl)cc1NC(=O)C1C2CCCC21. The molecule has 2 saturated carbocycles. The number of benzene rings is 1. The molecule has 2 aliphatic rings. The lowest BCUT2D eigenvalue weighted by molar-refractivity contribution is -0.118. The van der Waals surface area contributed by atoms with Crippen LogP contribution in [0.5, 0.6) is 0 Å². The second kappa shape index (κ2) is 4.29. The van der Waals surface area contributed by atoms with E-state index in [9.17, 15) is 4.79 Å². The summed E-state index contributed by atoms with van der Waals surface area (Å²) in [5, 5.41) is 12.4. The summed E-state index contributed by atoms with van der Waals surface area (Å²) in [5.74, 6) is 1.36. The zero-order valence-corrected chi connectivity index (χ0v) is 10.6. The van der Waals surface area contributed by atoms with Crippen LogP contribution < -0.4 is 5.32 Å². The summed E-state index contributed by atoms with van der Waals surface area (Å²) in [4.78, 5) is 12.1. The smallest absolute Gasteiger partial charge is 0.228 e. The van der Waals surface area contributed by atoms with Gasteiger partial charge in [0.25, 0.3) is 0 Å². The number of hydrogen-bond donors (Lipinski definition) is 1. The molecule has 0 saturated heterocycles. The Bertz CT molecular complexity index is 539. The van der Waals surface area contributed by atoms with Crippen LogP contribution >= 0.6 is 11.6 Å². The third kappa shape index (κ3) is 1.87. The fourth-order valence-corrected chi connectivity index (χ4v) is 3.32. The first-order chi connectivity index (χ1) is 8.70. The van der Waals surface area contributed by atoms with Gasteiger partial charge in [-0.3, -0.25) is 4.79 Å². The van der Waals surface area contributed by atoms with Crippen LogP contribution in [-0.4, -0.2) is 5.91 Å². The maximum atomic E-state index is 12.1. The number of nitrogens with zero attached hydrogens (tertiary/aromatic N) is 1. The summed E-state index contributed by atoms with van der Waals surface area (Å²) < 4.78 is 0. The van der Waals surface area contributed by atoms with Crippen LogP contribution in [0.4, 0.5) is 5.69 Å². The van der Waals surface area contributed by atoms with Crippen LogP contribution in [0.25, 0.3) is 0 Å². The van der Waals surface area contributed by atoms with Gasteiger partial charge >= 0.3 is 0 Å². The van der Waals surface area contributed by atoms with Crippen LogP contribution in [0.1, 0.15) is 24.8 Å². The van der Waals surface area contributed by atoms with Crippen molar-refractivity contribution in [3.05, 3.63) is 28.8 Å². The molecule has 1 amide bonds. The van der Waals surface area contributed by atoms with E-state index in [0.717, 1.165) is 0 Å². The predicted molar refractivity (Wildman–Crippen MR) is 69.1 cm³/mol. The molecule has 0 heterocycles. The van der Waals surface area contributed by atoms with Crippen molar-refractivity contribution in [3.63, 3.8) is 0 Å². The number of halogens is 1. The van der Waals surface area contributed by atoms with Crippen molar-refractivity contribution in [2.24, 2.45) is 17.8 Å². The molecule has 0 bridgehead atoms. The van der Waals surface area contributed by atoms with E-state index in [2.05, 4.69) is 11.4 Å². The summed E-state index contributed by atoms with van der Waals surface area (Å²) >= 11 is 5.89. The van der Waals surface area contributed by atoms with Gasteiger partial charge in [-0.05, 0) is 42.9 Å². The summed E-state index contributed by atoms with van der Waals surface area (Å²) in [6.07, 6.45) is 3.59. The Morgan fingerprint density at radius 3 is 2.78 bits per heavy atom. The molecular weight excluding hydrogens is 248 g/mol. The molecule has 4 heteroatoms.